The molecule has 3 N–H and O–H groups in total. The third kappa shape index (κ3) is 11.0. The van der Waals surface area contributed by atoms with Crippen molar-refractivity contribution in [3.05, 3.63) is 29.8 Å². The molecule has 154 valence electrons. The van der Waals surface area contributed by atoms with E-state index in [4.69, 9.17) is 4.74 Å². The highest BCUT2D eigenvalue weighted by atomic mass is 127. The van der Waals surface area contributed by atoms with E-state index >= 15 is 0 Å². The largest absolute Gasteiger partial charge is 0.444 e. The van der Waals surface area contributed by atoms with Gasteiger partial charge in [-0.3, -0.25) is 4.99 Å². The van der Waals surface area contributed by atoms with E-state index in [1.165, 1.54) is 6.26 Å². The van der Waals surface area contributed by atoms with E-state index < -0.39 is 21.5 Å². The normalized spacial score (nSPS) is 12.0. The Balaban J connectivity index is 0.00000676. The highest BCUT2D eigenvalue weighted by Crippen LogP contribution is 2.10. The molecule has 1 aromatic carbocycles. The molecule has 1 aromatic rings. The van der Waals surface area contributed by atoms with E-state index in [0.29, 0.717) is 25.6 Å². The molecular formula is C17H29IN4O4S. The zero-order valence-corrected chi connectivity index (χ0v) is 19.5. The molecule has 1 rings (SSSR count). The lowest BCUT2D eigenvalue weighted by molar-refractivity contribution is 0.0529. The van der Waals surface area contributed by atoms with Gasteiger partial charge in [0.05, 0.1) is 4.90 Å². The lowest BCUT2D eigenvalue weighted by Crippen LogP contribution is -2.42. The van der Waals surface area contributed by atoms with Gasteiger partial charge in [-0.1, -0.05) is 12.1 Å². The summed E-state index contributed by atoms with van der Waals surface area (Å²) in [4.78, 5) is 15.9. The molecular weight excluding hydrogens is 483 g/mol. The molecule has 0 heterocycles. The van der Waals surface area contributed by atoms with Crippen LogP contribution in [0.3, 0.4) is 0 Å². The summed E-state index contributed by atoms with van der Waals surface area (Å²) in [6, 6.07) is 6.65. The first-order chi connectivity index (χ1) is 12.0. The maximum atomic E-state index is 11.5. The van der Waals surface area contributed by atoms with Gasteiger partial charge >= 0.3 is 6.09 Å². The van der Waals surface area contributed by atoms with Gasteiger partial charge in [-0.25, -0.2) is 13.2 Å². The van der Waals surface area contributed by atoms with E-state index in [9.17, 15) is 13.2 Å². The average Bonchev–Trinajstić information content (AvgIpc) is 2.52. The van der Waals surface area contributed by atoms with Gasteiger partial charge in [-0.15, -0.1) is 24.0 Å². The topological polar surface area (TPSA) is 109 Å². The van der Waals surface area contributed by atoms with Crippen molar-refractivity contribution in [2.45, 2.75) is 37.8 Å². The van der Waals surface area contributed by atoms with Crippen LogP contribution in [-0.2, 0) is 21.1 Å². The van der Waals surface area contributed by atoms with Gasteiger partial charge in [0.1, 0.15) is 5.60 Å². The maximum absolute atomic E-state index is 11.5. The highest BCUT2D eigenvalue weighted by molar-refractivity contribution is 14.0. The fourth-order valence-electron chi connectivity index (χ4n) is 1.92. The van der Waals surface area contributed by atoms with Crippen molar-refractivity contribution in [2.24, 2.45) is 4.99 Å². The number of hydrogen-bond donors (Lipinski definition) is 3. The Labute approximate surface area is 178 Å². The van der Waals surface area contributed by atoms with Crippen LogP contribution in [-0.4, -0.2) is 52.5 Å². The second kappa shape index (κ2) is 11.3. The SMILES string of the molecule is CN=C(NCCNC(=O)OC(C)(C)C)NCc1ccc(S(C)(=O)=O)cc1.I. The summed E-state index contributed by atoms with van der Waals surface area (Å²) in [6.45, 7) is 6.77. The van der Waals surface area contributed by atoms with Crippen LogP contribution >= 0.6 is 24.0 Å². The summed E-state index contributed by atoms with van der Waals surface area (Å²) in [7, 11) is -1.55. The van der Waals surface area contributed by atoms with Crippen LogP contribution in [0.2, 0.25) is 0 Å². The molecule has 0 spiro atoms. The quantitative estimate of drug-likeness (QED) is 0.233. The number of nitrogens with zero attached hydrogens (tertiary/aromatic N) is 1. The lowest BCUT2D eigenvalue weighted by Gasteiger charge is -2.20. The van der Waals surface area contributed by atoms with E-state index in [2.05, 4.69) is 20.9 Å². The summed E-state index contributed by atoms with van der Waals surface area (Å²) in [5.41, 5.74) is 0.397. The molecule has 0 unspecified atom stereocenters. The highest BCUT2D eigenvalue weighted by Gasteiger charge is 2.15. The second-order valence-corrected chi connectivity index (χ2v) is 8.71. The number of aliphatic imine (C=N–C) groups is 1. The number of guanidine groups is 1. The number of rotatable bonds is 6. The van der Waals surface area contributed by atoms with E-state index in [1.807, 2.05) is 0 Å². The first-order valence-electron chi connectivity index (χ1n) is 8.21. The number of halogens is 1. The smallest absolute Gasteiger partial charge is 0.407 e. The number of sulfone groups is 1. The molecule has 0 aliphatic carbocycles. The minimum Gasteiger partial charge on any atom is -0.444 e. The number of carbonyl (C=O) groups excluding carboxylic acids is 1. The molecule has 0 saturated heterocycles. The van der Waals surface area contributed by atoms with Crippen molar-refractivity contribution in [3.8, 4) is 0 Å². The van der Waals surface area contributed by atoms with Crippen LogP contribution in [0.5, 0.6) is 0 Å². The third-order valence-corrected chi connectivity index (χ3v) is 4.25. The van der Waals surface area contributed by atoms with Crippen molar-refractivity contribution in [1.82, 2.24) is 16.0 Å². The number of benzene rings is 1. The number of alkyl carbamates (subject to hydrolysis) is 1. The molecule has 0 aliphatic rings. The fraction of sp³-hybridized carbons (Fsp3) is 0.529. The number of ether oxygens (including phenoxy) is 1. The average molecular weight is 512 g/mol. The minimum atomic E-state index is -3.19. The Bertz CT molecular complexity index is 728. The van der Waals surface area contributed by atoms with Crippen LogP contribution in [0, 0.1) is 0 Å². The Hall–Kier alpha value is -1.56. The maximum Gasteiger partial charge on any atom is 0.407 e. The molecule has 0 saturated carbocycles. The molecule has 0 atom stereocenters. The van der Waals surface area contributed by atoms with Gasteiger partial charge < -0.3 is 20.7 Å². The molecule has 27 heavy (non-hydrogen) atoms. The van der Waals surface area contributed by atoms with E-state index in [1.54, 1.807) is 52.1 Å². The molecule has 0 aliphatic heterocycles. The van der Waals surface area contributed by atoms with Crippen LogP contribution in [0.1, 0.15) is 26.3 Å². The molecule has 0 bridgehead atoms. The van der Waals surface area contributed by atoms with Crippen molar-refractivity contribution in [2.75, 3.05) is 26.4 Å². The van der Waals surface area contributed by atoms with Gasteiger partial charge in [-0.05, 0) is 38.5 Å². The van der Waals surface area contributed by atoms with Gasteiger partial charge in [0.25, 0.3) is 0 Å². The first kappa shape index (κ1) is 25.4. The van der Waals surface area contributed by atoms with Gasteiger partial charge in [0.2, 0.25) is 0 Å². The fourth-order valence-corrected chi connectivity index (χ4v) is 2.55. The number of hydrogen-bond acceptors (Lipinski definition) is 5. The van der Waals surface area contributed by atoms with Crippen molar-refractivity contribution in [3.63, 3.8) is 0 Å². The minimum absolute atomic E-state index is 0. The molecule has 0 radical (unpaired) electrons. The first-order valence-corrected chi connectivity index (χ1v) is 10.1. The van der Waals surface area contributed by atoms with Crippen LogP contribution < -0.4 is 16.0 Å². The Morgan fingerprint density at radius 2 is 1.63 bits per heavy atom. The van der Waals surface area contributed by atoms with Crippen molar-refractivity contribution >= 4 is 45.9 Å². The van der Waals surface area contributed by atoms with Gasteiger partial charge in [-0.2, -0.15) is 0 Å². The summed E-state index contributed by atoms with van der Waals surface area (Å²) in [5.74, 6) is 0.572. The number of carbonyl (C=O) groups is 1. The zero-order valence-electron chi connectivity index (χ0n) is 16.3. The summed E-state index contributed by atoms with van der Waals surface area (Å²) < 4.78 is 28.0. The molecule has 0 aromatic heterocycles. The van der Waals surface area contributed by atoms with Crippen LogP contribution in [0.4, 0.5) is 4.79 Å². The van der Waals surface area contributed by atoms with Crippen LogP contribution in [0.15, 0.2) is 34.2 Å². The van der Waals surface area contributed by atoms with Crippen molar-refractivity contribution < 1.29 is 17.9 Å². The monoisotopic (exact) mass is 512 g/mol. The lowest BCUT2D eigenvalue weighted by atomic mass is 10.2. The summed E-state index contributed by atoms with van der Waals surface area (Å²) in [5, 5.41) is 8.83. The van der Waals surface area contributed by atoms with E-state index in [0.717, 1.165) is 5.56 Å². The number of nitrogens with one attached hydrogen (secondary N) is 3. The van der Waals surface area contributed by atoms with Crippen molar-refractivity contribution in [1.29, 1.82) is 0 Å². The van der Waals surface area contributed by atoms with Crippen LogP contribution in [0.25, 0.3) is 0 Å². The molecule has 1 amide bonds. The Morgan fingerprint density at radius 3 is 2.11 bits per heavy atom. The Kier molecular flexibility index (Phi) is 10.7. The van der Waals surface area contributed by atoms with E-state index in [-0.39, 0.29) is 28.9 Å². The predicted octanol–water partition coefficient (Wildman–Crippen LogP) is 1.90. The standard InChI is InChI=1S/C17H28N4O4S.HI/c1-17(2,3)25-16(22)20-11-10-19-15(18-4)21-12-13-6-8-14(9-7-13)26(5,23)24;/h6-9H,10-12H2,1-5H3,(H,20,22)(H2,18,19,21);1H. The molecule has 0 fully saturated rings. The predicted molar refractivity (Wildman–Crippen MR) is 117 cm³/mol. The zero-order chi connectivity index (χ0) is 19.8. The number of amides is 1. The summed E-state index contributed by atoms with van der Waals surface area (Å²) >= 11 is 0. The van der Waals surface area contributed by atoms with Gasteiger partial charge in [0, 0.05) is 32.9 Å². The summed E-state index contributed by atoms with van der Waals surface area (Å²) in [6.07, 6.45) is 0.713. The molecule has 10 heteroatoms. The third-order valence-electron chi connectivity index (χ3n) is 3.12. The second-order valence-electron chi connectivity index (χ2n) is 6.70. The van der Waals surface area contributed by atoms with Gasteiger partial charge in [0.15, 0.2) is 15.8 Å². The Morgan fingerprint density at radius 1 is 1.07 bits per heavy atom. The molecule has 8 nitrogen and oxygen atoms in total.